The topological polar surface area (TPSA) is 81.8 Å². The quantitative estimate of drug-likeness (QED) is 0.773. The number of nitrogens with one attached hydrogen (secondary N) is 2. The van der Waals surface area contributed by atoms with Gasteiger partial charge >= 0.3 is 0 Å². The number of hydrazine groups is 1. The second kappa shape index (κ2) is 8.31. The molecule has 0 atom stereocenters. The molecule has 8 heteroatoms. The Balaban J connectivity index is 1.74. The van der Waals surface area contributed by atoms with Crippen LogP contribution in [-0.2, 0) is 4.79 Å². The van der Waals surface area contributed by atoms with E-state index in [4.69, 9.17) is 11.6 Å². The Bertz CT molecular complexity index is 929. The first-order chi connectivity index (χ1) is 13.4. The second-order valence-corrected chi connectivity index (χ2v) is 7.10. The van der Waals surface area contributed by atoms with Crippen molar-refractivity contribution >= 4 is 40.7 Å². The summed E-state index contributed by atoms with van der Waals surface area (Å²) >= 11 is 6.05. The minimum absolute atomic E-state index is 0.0548. The molecule has 7 nitrogen and oxygen atoms in total. The van der Waals surface area contributed by atoms with Crippen LogP contribution in [0.1, 0.15) is 33.6 Å². The summed E-state index contributed by atoms with van der Waals surface area (Å²) < 4.78 is 0. The molecule has 28 heavy (non-hydrogen) atoms. The summed E-state index contributed by atoms with van der Waals surface area (Å²) in [5.41, 5.74) is 6.81. The maximum Gasteiger partial charge on any atom is 0.271 e. The molecule has 0 aliphatic carbocycles. The Labute approximate surface area is 168 Å². The number of nitrogens with zero attached hydrogens (tertiary/aromatic N) is 2. The lowest BCUT2D eigenvalue weighted by molar-refractivity contribution is -0.117. The highest BCUT2D eigenvalue weighted by atomic mass is 35.5. The van der Waals surface area contributed by atoms with Gasteiger partial charge in [-0.1, -0.05) is 17.7 Å². The monoisotopic (exact) mass is 400 g/mol. The molecule has 3 rings (SSSR count). The first-order valence-corrected chi connectivity index (χ1v) is 9.22. The molecular weight excluding hydrogens is 380 g/mol. The van der Waals surface area contributed by atoms with Crippen molar-refractivity contribution in [3.8, 4) is 0 Å². The van der Waals surface area contributed by atoms with E-state index >= 15 is 0 Å². The predicted molar refractivity (Wildman–Crippen MR) is 109 cm³/mol. The Hall–Kier alpha value is -3.06. The molecule has 1 saturated heterocycles. The smallest absolute Gasteiger partial charge is 0.271 e. The van der Waals surface area contributed by atoms with Gasteiger partial charge in [-0.3, -0.25) is 25.2 Å². The average molecular weight is 401 g/mol. The van der Waals surface area contributed by atoms with E-state index < -0.39 is 11.8 Å². The van der Waals surface area contributed by atoms with Crippen LogP contribution in [-0.4, -0.2) is 38.4 Å². The van der Waals surface area contributed by atoms with E-state index in [1.807, 2.05) is 25.1 Å². The van der Waals surface area contributed by atoms with Crippen molar-refractivity contribution in [1.29, 1.82) is 0 Å². The zero-order chi connectivity index (χ0) is 20.3. The Morgan fingerprint density at radius 1 is 1.07 bits per heavy atom. The summed E-state index contributed by atoms with van der Waals surface area (Å²) in [6, 6.07) is 11.7. The fraction of sp³-hybridized carbons (Fsp3) is 0.250. The molecule has 2 aromatic carbocycles. The molecule has 0 spiro atoms. The fourth-order valence-corrected chi connectivity index (χ4v) is 3.17. The van der Waals surface area contributed by atoms with Crippen LogP contribution >= 0.6 is 11.6 Å². The van der Waals surface area contributed by atoms with Gasteiger partial charge in [0.2, 0.25) is 5.91 Å². The van der Waals surface area contributed by atoms with Gasteiger partial charge in [-0.25, -0.2) is 0 Å². The fourth-order valence-electron chi connectivity index (χ4n) is 3.00. The number of hydrogen-bond acceptors (Lipinski definition) is 4. The van der Waals surface area contributed by atoms with Crippen molar-refractivity contribution in [1.82, 2.24) is 10.9 Å². The van der Waals surface area contributed by atoms with Gasteiger partial charge in [-0.15, -0.1) is 0 Å². The Kier molecular flexibility index (Phi) is 5.84. The van der Waals surface area contributed by atoms with Gasteiger partial charge < -0.3 is 9.80 Å². The molecule has 1 aliphatic heterocycles. The lowest BCUT2D eigenvalue weighted by atomic mass is 10.1. The summed E-state index contributed by atoms with van der Waals surface area (Å²) in [7, 11) is 3.75. The SMILES string of the molecule is CN(C)c1cccc(C(=O)NNC(=O)c2ccc(Cl)cc2N2CCCC2=O)c1. The van der Waals surface area contributed by atoms with Crippen molar-refractivity contribution in [2.45, 2.75) is 12.8 Å². The van der Waals surface area contributed by atoms with Crippen LogP contribution in [0.4, 0.5) is 11.4 Å². The molecule has 1 fully saturated rings. The number of carbonyl (C=O) groups is 3. The molecule has 1 aliphatic rings. The molecule has 0 unspecified atom stereocenters. The number of amides is 3. The number of anilines is 2. The van der Waals surface area contributed by atoms with Crippen LogP contribution in [0, 0.1) is 0 Å². The summed E-state index contributed by atoms with van der Waals surface area (Å²) in [5.74, 6) is -1.02. The highest BCUT2D eigenvalue weighted by Crippen LogP contribution is 2.28. The molecule has 146 valence electrons. The Morgan fingerprint density at radius 3 is 2.50 bits per heavy atom. The van der Waals surface area contributed by atoms with Crippen LogP contribution in [0.15, 0.2) is 42.5 Å². The molecule has 1 heterocycles. The van der Waals surface area contributed by atoms with Gasteiger partial charge in [0.1, 0.15) is 0 Å². The van der Waals surface area contributed by atoms with Crippen molar-refractivity contribution in [2.24, 2.45) is 0 Å². The van der Waals surface area contributed by atoms with Gasteiger partial charge in [0.05, 0.1) is 11.3 Å². The van der Waals surface area contributed by atoms with Gasteiger partial charge in [-0.2, -0.15) is 0 Å². The van der Waals surface area contributed by atoms with Crippen molar-refractivity contribution in [2.75, 3.05) is 30.4 Å². The van der Waals surface area contributed by atoms with Gasteiger partial charge in [0, 0.05) is 43.3 Å². The van der Waals surface area contributed by atoms with Crippen LogP contribution in [0.5, 0.6) is 0 Å². The van der Waals surface area contributed by atoms with Crippen molar-refractivity contribution in [3.05, 3.63) is 58.6 Å². The molecule has 3 amide bonds. The molecule has 0 radical (unpaired) electrons. The summed E-state index contributed by atoms with van der Waals surface area (Å²) in [4.78, 5) is 40.5. The first kappa shape index (κ1) is 19.7. The normalized spacial score (nSPS) is 13.4. The third-order valence-corrected chi connectivity index (χ3v) is 4.72. The standard InChI is InChI=1S/C20H21ClN4O3/c1-24(2)15-6-3-5-13(11-15)19(27)22-23-20(28)16-9-8-14(21)12-17(16)25-10-4-7-18(25)26/h3,5-6,8-9,11-12H,4,7,10H2,1-2H3,(H,22,27)(H,23,28). The molecular formula is C20H21ClN4O3. The largest absolute Gasteiger partial charge is 0.378 e. The summed E-state index contributed by atoms with van der Waals surface area (Å²) in [5, 5.41) is 0.427. The number of carbonyl (C=O) groups excluding carboxylic acids is 3. The van der Waals surface area contributed by atoms with Crippen molar-refractivity contribution in [3.63, 3.8) is 0 Å². The van der Waals surface area contributed by atoms with E-state index in [1.165, 1.54) is 6.07 Å². The Morgan fingerprint density at radius 2 is 1.82 bits per heavy atom. The van der Waals surface area contributed by atoms with Crippen LogP contribution < -0.4 is 20.7 Å². The number of benzene rings is 2. The van der Waals surface area contributed by atoms with E-state index in [0.29, 0.717) is 29.2 Å². The highest BCUT2D eigenvalue weighted by molar-refractivity contribution is 6.31. The molecule has 0 saturated carbocycles. The van der Waals surface area contributed by atoms with Gasteiger partial charge in [-0.05, 0) is 42.8 Å². The third kappa shape index (κ3) is 4.26. The van der Waals surface area contributed by atoms with Gasteiger partial charge in [0.25, 0.3) is 11.8 Å². The first-order valence-electron chi connectivity index (χ1n) is 8.85. The molecule has 0 aromatic heterocycles. The van der Waals surface area contributed by atoms with Crippen LogP contribution in [0.2, 0.25) is 5.02 Å². The highest BCUT2D eigenvalue weighted by Gasteiger charge is 2.26. The lowest BCUT2D eigenvalue weighted by Crippen LogP contribution is -2.42. The average Bonchev–Trinajstić information content (AvgIpc) is 3.11. The second-order valence-electron chi connectivity index (χ2n) is 6.66. The van der Waals surface area contributed by atoms with E-state index in [-0.39, 0.29) is 11.5 Å². The minimum Gasteiger partial charge on any atom is -0.378 e. The van der Waals surface area contributed by atoms with Crippen LogP contribution in [0.3, 0.4) is 0 Å². The van der Waals surface area contributed by atoms with E-state index in [9.17, 15) is 14.4 Å². The molecule has 2 aromatic rings. The molecule has 2 N–H and O–H groups in total. The lowest BCUT2D eigenvalue weighted by Gasteiger charge is -2.20. The third-order valence-electron chi connectivity index (χ3n) is 4.48. The predicted octanol–water partition coefficient (Wildman–Crippen LogP) is 2.61. The van der Waals surface area contributed by atoms with E-state index in [1.54, 1.807) is 35.2 Å². The maximum absolute atomic E-state index is 12.6. The number of hydrogen-bond donors (Lipinski definition) is 2. The van der Waals surface area contributed by atoms with Crippen molar-refractivity contribution < 1.29 is 14.4 Å². The zero-order valence-electron chi connectivity index (χ0n) is 15.7. The maximum atomic E-state index is 12.6. The zero-order valence-corrected chi connectivity index (χ0v) is 16.4. The summed E-state index contributed by atoms with van der Waals surface area (Å²) in [6.45, 7) is 0.531. The van der Waals surface area contributed by atoms with Crippen LogP contribution in [0.25, 0.3) is 0 Å². The minimum atomic E-state index is -0.525. The van der Waals surface area contributed by atoms with Gasteiger partial charge in [0.15, 0.2) is 0 Å². The number of rotatable bonds is 4. The number of halogens is 1. The molecule has 0 bridgehead atoms. The van der Waals surface area contributed by atoms with E-state index in [2.05, 4.69) is 10.9 Å². The van der Waals surface area contributed by atoms with E-state index in [0.717, 1.165) is 12.1 Å². The summed E-state index contributed by atoms with van der Waals surface area (Å²) in [6.07, 6.45) is 1.16.